The highest BCUT2D eigenvalue weighted by Crippen LogP contribution is 2.05. The van der Waals surface area contributed by atoms with Crippen LogP contribution in [0.15, 0.2) is 24.3 Å². The van der Waals surface area contributed by atoms with Crippen molar-refractivity contribution in [2.45, 2.75) is 32.8 Å². The van der Waals surface area contributed by atoms with Crippen molar-refractivity contribution in [1.29, 1.82) is 0 Å². The van der Waals surface area contributed by atoms with Crippen molar-refractivity contribution in [3.63, 3.8) is 0 Å². The SMILES string of the molecule is CC(C)OCCC(=O)NCCc1cccc(C(=O)O)c1. The van der Waals surface area contributed by atoms with Crippen molar-refractivity contribution in [3.8, 4) is 0 Å². The van der Waals surface area contributed by atoms with Gasteiger partial charge in [-0.25, -0.2) is 4.79 Å². The lowest BCUT2D eigenvalue weighted by Gasteiger charge is -2.08. The monoisotopic (exact) mass is 279 g/mol. The topological polar surface area (TPSA) is 75.6 Å². The van der Waals surface area contributed by atoms with Gasteiger partial charge < -0.3 is 15.2 Å². The molecule has 0 radical (unpaired) electrons. The number of hydrogen-bond acceptors (Lipinski definition) is 3. The zero-order chi connectivity index (χ0) is 15.0. The Balaban J connectivity index is 2.28. The predicted molar refractivity (Wildman–Crippen MR) is 75.8 cm³/mol. The lowest BCUT2D eigenvalue weighted by Crippen LogP contribution is -2.27. The molecule has 0 bridgehead atoms. The fourth-order valence-electron chi connectivity index (χ4n) is 1.68. The van der Waals surface area contributed by atoms with E-state index in [2.05, 4.69) is 5.32 Å². The number of nitrogens with one attached hydrogen (secondary N) is 1. The van der Waals surface area contributed by atoms with E-state index in [-0.39, 0.29) is 17.6 Å². The van der Waals surface area contributed by atoms with Gasteiger partial charge in [-0.3, -0.25) is 4.79 Å². The third kappa shape index (κ3) is 6.33. The van der Waals surface area contributed by atoms with E-state index in [0.29, 0.717) is 26.0 Å². The molecule has 1 aromatic carbocycles. The summed E-state index contributed by atoms with van der Waals surface area (Å²) in [6.45, 7) is 4.75. The molecule has 0 aliphatic heterocycles. The molecule has 0 unspecified atom stereocenters. The van der Waals surface area contributed by atoms with Gasteiger partial charge in [0.25, 0.3) is 0 Å². The van der Waals surface area contributed by atoms with Crippen molar-refractivity contribution in [2.24, 2.45) is 0 Å². The molecular formula is C15H21NO4. The Labute approximate surface area is 118 Å². The molecular weight excluding hydrogens is 258 g/mol. The third-order valence-corrected chi connectivity index (χ3v) is 2.69. The Morgan fingerprint density at radius 2 is 2.10 bits per heavy atom. The van der Waals surface area contributed by atoms with Crippen molar-refractivity contribution >= 4 is 11.9 Å². The average molecular weight is 279 g/mol. The number of carboxylic acids is 1. The van der Waals surface area contributed by atoms with Gasteiger partial charge in [0, 0.05) is 13.0 Å². The lowest BCUT2D eigenvalue weighted by molar-refractivity contribution is -0.122. The molecule has 5 nitrogen and oxygen atoms in total. The van der Waals surface area contributed by atoms with Crippen LogP contribution >= 0.6 is 0 Å². The Morgan fingerprint density at radius 3 is 2.75 bits per heavy atom. The van der Waals surface area contributed by atoms with Gasteiger partial charge in [-0.1, -0.05) is 12.1 Å². The lowest BCUT2D eigenvalue weighted by atomic mass is 10.1. The molecule has 0 heterocycles. The normalized spacial score (nSPS) is 10.6. The molecule has 0 atom stereocenters. The molecule has 1 aromatic rings. The van der Waals surface area contributed by atoms with Gasteiger partial charge in [0.15, 0.2) is 0 Å². The van der Waals surface area contributed by atoms with Crippen LogP contribution in [0.3, 0.4) is 0 Å². The first-order chi connectivity index (χ1) is 9.49. The van der Waals surface area contributed by atoms with Crippen LogP contribution in [0.4, 0.5) is 0 Å². The van der Waals surface area contributed by atoms with Crippen LogP contribution < -0.4 is 5.32 Å². The van der Waals surface area contributed by atoms with Crippen LogP contribution in [0.2, 0.25) is 0 Å². The Kier molecular flexibility index (Phi) is 6.73. The summed E-state index contributed by atoms with van der Waals surface area (Å²) >= 11 is 0. The number of amides is 1. The first kappa shape index (κ1) is 16.2. The molecule has 0 fully saturated rings. The molecule has 1 amide bonds. The number of carbonyl (C=O) groups excluding carboxylic acids is 1. The first-order valence-corrected chi connectivity index (χ1v) is 6.69. The summed E-state index contributed by atoms with van der Waals surface area (Å²) in [6.07, 6.45) is 1.08. The molecule has 0 aliphatic rings. The predicted octanol–water partition coefficient (Wildman–Crippen LogP) is 1.86. The van der Waals surface area contributed by atoms with Gasteiger partial charge in [-0.05, 0) is 38.0 Å². The highest BCUT2D eigenvalue weighted by molar-refractivity contribution is 5.87. The van der Waals surface area contributed by atoms with E-state index in [1.165, 1.54) is 0 Å². The Bertz CT molecular complexity index is 457. The summed E-state index contributed by atoms with van der Waals surface area (Å²) in [5.74, 6) is -0.998. The molecule has 1 rings (SSSR count). The van der Waals surface area contributed by atoms with Gasteiger partial charge >= 0.3 is 5.97 Å². The average Bonchev–Trinajstić information content (AvgIpc) is 2.38. The van der Waals surface area contributed by atoms with E-state index in [1.54, 1.807) is 18.2 Å². The Morgan fingerprint density at radius 1 is 1.35 bits per heavy atom. The maximum Gasteiger partial charge on any atom is 0.335 e. The van der Waals surface area contributed by atoms with Crippen LogP contribution in [-0.2, 0) is 16.0 Å². The van der Waals surface area contributed by atoms with Gasteiger partial charge in [-0.15, -0.1) is 0 Å². The van der Waals surface area contributed by atoms with Crippen molar-refractivity contribution in [2.75, 3.05) is 13.2 Å². The molecule has 0 aromatic heterocycles. The number of benzene rings is 1. The molecule has 0 saturated heterocycles. The number of carboxylic acid groups (broad SMARTS) is 1. The summed E-state index contributed by atoms with van der Waals surface area (Å²) in [5, 5.41) is 11.7. The first-order valence-electron chi connectivity index (χ1n) is 6.69. The van der Waals surface area contributed by atoms with Gasteiger partial charge in [0.2, 0.25) is 5.91 Å². The van der Waals surface area contributed by atoms with Crippen LogP contribution in [0.25, 0.3) is 0 Å². The van der Waals surface area contributed by atoms with Crippen LogP contribution in [0.1, 0.15) is 36.2 Å². The minimum atomic E-state index is -0.943. The number of ether oxygens (including phenoxy) is 1. The minimum Gasteiger partial charge on any atom is -0.478 e. The molecule has 0 saturated carbocycles. The van der Waals surface area contributed by atoms with Crippen LogP contribution in [-0.4, -0.2) is 36.2 Å². The standard InChI is InChI=1S/C15H21NO4/c1-11(2)20-9-7-14(17)16-8-6-12-4-3-5-13(10-12)15(18)19/h3-5,10-11H,6-9H2,1-2H3,(H,16,17)(H,18,19). The third-order valence-electron chi connectivity index (χ3n) is 2.69. The number of aromatic carboxylic acids is 1. The van der Waals surface area contributed by atoms with E-state index >= 15 is 0 Å². The van der Waals surface area contributed by atoms with E-state index < -0.39 is 5.97 Å². The zero-order valence-electron chi connectivity index (χ0n) is 11.9. The van der Waals surface area contributed by atoms with E-state index in [1.807, 2.05) is 19.9 Å². The summed E-state index contributed by atoms with van der Waals surface area (Å²) in [6, 6.07) is 6.72. The van der Waals surface area contributed by atoms with Crippen LogP contribution in [0, 0.1) is 0 Å². The van der Waals surface area contributed by atoms with Gasteiger partial charge in [-0.2, -0.15) is 0 Å². The maximum absolute atomic E-state index is 11.5. The molecule has 0 aliphatic carbocycles. The maximum atomic E-state index is 11.5. The second kappa shape index (κ2) is 8.32. The van der Waals surface area contributed by atoms with Crippen molar-refractivity contribution in [3.05, 3.63) is 35.4 Å². The fourth-order valence-corrected chi connectivity index (χ4v) is 1.68. The molecule has 20 heavy (non-hydrogen) atoms. The second-order valence-electron chi connectivity index (χ2n) is 4.78. The van der Waals surface area contributed by atoms with Gasteiger partial charge in [0.1, 0.15) is 0 Å². The largest absolute Gasteiger partial charge is 0.478 e. The quantitative estimate of drug-likeness (QED) is 0.761. The minimum absolute atomic E-state index is 0.0555. The Hall–Kier alpha value is -1.88. The van der Waals surface area contributed by atoms with Crippen molar-refractivity contribution < 1.29 is 19.4 Å². The summed E-state index contributed by atoms with van der Waals surface area (Å²) in [7, 11) is 0. The molecule has 110 valence electrons. The highest BCUT2D eigenvalue weighted by atomic mass is 16.5. The van der Waals surface area contributed by atoms with E-state index in [9.17, 15) is 9.59 Å². The molecule has 2 N–H and O–H groups in total. The zero-order valence-corrected chi connectivity index (χ0v) is 11.9. The smallest absolute Gasteiger partial charge is 0.335 e. The van der Waals surface area contributed by atoms with E-state index in [0.717, 1.165) is 5.56 Å². The summed E-state index contributed by atoms with van der Waals surface area (Å²) in [4.78, 5) is 22.3. The van der Waals surface area contributed by atoms with Crippen molar-refractivity contribution in [1.82, 2.24) is 5.32 Å². The summed E-state index contributed by atoms with van der Waals surface area (Å²) in [5.41, 5.74) is 1.16. The summed E-state index contributed by atoms with van der Waals surface area (Å²) < 4.78 is 5.29. The number of hydrogen-bond donors (Lipinski definition) is 2. The number of carbonyl (C=O) groups is 2. The number of rotatable bonds is 8. The highest BCUT2D eigenvalue weighted by Gasteiger charge is 2.05. The molecule has 0 spiro atoms. The molecule has 5 heteroatoms. The van der Waals surface area contributed by atoms with Crippen LogP contribution in [0.5, 0.6) is 0 Å². The fraction of sp³-hybridized carbons (Fsp3) is 0.467. The van der Waals surface area contributed by atoms with Gasteiger partial charge in [0.05, 0.1) is 18.3 Å². The van der Waals surface area contributed by atoms with E-state index in [4.69, 9.17) is 9.84 Å². The second-order valence-corrected chi connectivity index (χ2v) is 4.78.